The minimum atomic E-state index is 0.813. The van der Waals surface area contributed by atoms with Crippen LogP contribution in [0.15, 0.2) is 18.2 Å². The lowest BCUT2D eigenvalue weighted by atomic mass is 10.1. The maximum absolute atomic E-state index is 6.16. The molecule has 3 aromatic rings. The molecular formula is C15H17N3OS. The van der Waals surface area contributed by atoms with Gasteiger partial charge in [-0.15, -0.1) is 11.3 Å². The van der Waals surface area contributed by atoms with Crippen LogP contribution in [0.2, 0.25) is 0 Å². The van der Waals surface area contributed by atoms with E-state index in [9.17, 15) is 0 Å². The zero-order chi connectivity index (χ0) is 14.4. The van der Waals surface area contributed by atoms with Crippen LogP contribution in [-0.4, -0.2) is 16.7 Å². The number of aromatic nitrogens is 2. The molecule has 0 fully saturated rings. The van der Waals surface area contributed by atoms with Gasteiger partial charge < -0.3 is 15.0 Å². The lowest BCUT2D eigenvalue weighted by Gasteiger charge is -2.03. The van der Waals surface area contributed by atoms with Crippen LogP contribution in [0.25, 0.3) is 22.4 Å². The van der Waals surface area contributed by atoms with Gasteiger partial charge >= 0.3 is 0 Å². The Bertz CT molecular complexity index is 801. The minimum absolute atomic E-state index is 0.813. The summed E-state index contributed by atoms with van der Waals surface area (Å²) in [4.78, 5) is 5.97. The largest absolute Gasteiger partial charge is 0.497 e. The lowest BCUT2D eigenvalue weighted by Crippen LogP contribution is -1.95. The highest BCUT2D eigenvalue weighted by Gasteiger charge is 2.18. The summed E-state index contributed by atoms with van der Waals surface area (Å²) in [5.74, 6) is 1.72. The molecule has 0 unspecified atom stereocenters. The average molecular weight is 287 g/mol. The molecule has 0 saturated carbocycles. The number of anilines is 1. The topological polar surface area (TPSA) is 53.1 Å². The summed E-state index contributed by atoms with van der Waals surface area (Å²) < 4.78 is 7.34. The molecule has 104 valence electrons. The van der Waals surface area contributed by atoms with Gasteiger partial charge in [-0.1, -0.05) is 0 Å². The molecule has 0 amide bonds. The third-order valence-electron chi connectivity index (χ3n) is 3.72. The summed E-state index contributed by atoms with van der Waals surface area (Å²) in [5, 5.41) is 0.824. The Labute approximate surface area is 121 Å². The highest BCUT2D eigenvalue weighted by molar-refractivity contribution is 7.16. The second-order valence-corrected chi connectivity index (χ2v) is 6.13. The number of nitrogens with two attached hydrogens (primary N) is 1. The number of nitrogens with zero attached hydrogens (tertiary/aromatic N) is 2. The van der Waals surface area contributed by atoms with Crippen molar-refractivity contribution < 1.29 is 4.74 Å². The maximum Gasteiger partial charge on any atom is 0.144 e. The average Bonchev–Trinajstić information content (AvgIpc) is 2.87. The van der Waals surface area contributed by atoms with E-state index < -0.39 is 0 Å². The van der Waals surface area contributed by atoms with Gasteiger partial charge in [0, 0.05) is 18.0 Å². The molecule has 20 heavy (non-hydrogen) atoms. The standard InChI is InChI=1S/C15H17N3OS/c1-8-9(2)20-14(16)13(8)15-17-11-7-10(19-4)5-6-12(11)18(15)3/h5-7H,16H2,1-4H3. The third-order valence-corrected chi connectivity index (χ3v) is 4.76. The number of nitrogen functional groups attached to an aromatic ring is 1. The molecule has 1 aromatic carbocycles. The van der Waals surface area contributed by atoms with Crippen LogP contribution in [0, 0.1) is 13.8 Å². The fourth-order valence-corrected chi connectivity index (χ4v) is 3.39. The van der Waals surface area contributed by atoms with E-state index >= 15 is 0 Å². The molecule has 4 nitrogen and oxygen atoms in total. The lowest BCUT2D eigenvalue weighted by molar-refractivity contribution is 0.415. The Kier molecular flexibility index (Phi) is 2.94. The first-order valence-corrected chi connectivity index (χ1v) is 7.21. The van der Waals surface area contributed by atoms with E-state index in [1.54, 1.807) is 18.4 Å². The van der Waals surface area contributed by atoms with Crippen molar-refractivity contribution in [2.75, 3.05) is 12.8 Å². The quantitative estimate of drug-likeness (QED) is 0.784. The van der Waals surface area contributed by atoms with E-state index in [2.05, 4.69) is 18.4 Å². The van der Waals surface area contributed by atoms with Gasteiger partial charge in [0.15, 0.2) is 0 Å². The molecule has 0 aliphatic rings. The SMILES string of the molecule is COc1ccc2c(c1)nc(-c1c(N)sc(C)c1C)n2C. The van der Waals surface area contributed by atoms with Crippen LogP contribution in [0.3, 0.4) is 0 Å². The van der Waals surface area contributed by atoms with E-state index in [0.29, 0.717) is 0 Å². The summed E-state index contributed by atoms with van der Waals surface area (Å²) in [7, 11) is 3.68. The zero-order valence-electron chi connectivity index (χ0n) is 12.0. The Morgan fingerprint density at radius 3 is 2.65 bits per heavy atom. The van der Waals surface area contributed by atoms with Gasteiger partial charge in [-0.05, 0) is 31.5 Å². The van der Waals surface area contributed by atoms with Gasteiger partial charge in [0.25, 0.3) is 0 Å². The van der Waals surface area contributed by atoms with Gasteiger partial charge in [-0.2, -0.15) is 0 Å². The van der Waals surface area contributed by atoms with E-state index in [-0.39, 0.29) is 0 Å². The smallest absolute Gasteiger partial charge is 0.144 e. The summed E-state index contributed by atoms with van der Waals surface area (Å²) in [5.41, 5.74) is 10.4. The molecule has 2 heterocycles. The Morgan fingerprint density at radius 1 is 1.30 bits per heavy atom. The van der Waals surface area contributed by atoms with E-state index in [1.165, 1.54) is 10.4 Å². The van der Waals surface area contributed by atoms with Crippen molar-refractivity contribution in [3.63, 3.8) is 0 Å². The number of aryl methyl sites for hydroxylation is 2. The summed E-state index contributed by atoms with van der Waals surface area (Å²) >= 11 is 1.62. The normalized spacial score (nSPS) is 11.2. The van der Waals surface area contributed by atoms with Crippen molar-refractivity contribution in [2.24, 2.45) is 7.05 Å². The van der Waals surface area contributed by atoms with Gasteiger partial charge in [0.1, 0.15) is 11.6 Å². The van der Waals surface area contributed by atoms with Gasteiger partial charge in [0.2, 0.25) is 0 Å². The fraction of sp³-hybridized carbons (Fsp3) is 0.267. The maximum atomic E-state index is 6.16. The van der Waals surface area contributed by atoms with E-state index in [1.807, 2.05) is 25.2 Å². The molecule has 0 aliphatic heterocycles. The molecule has 0 bridgehead atoms. The second kappa shape index (κ2) is 4.52. The van der Waals surface area contributed by atoms with E-state index in [0.717, 1.165) is 33.2 Å². The van der Waals surface area contributed by atoms with Crippen LogP contribution < -0.4 is 10.5 Å². The molecular weight excluding hydrogens is 270 g/mol. The van der Waals surface area contributed by atoms with Crippen molar-refractivity contribution in [2.45, 2.75) is 13.8 Å². The summed E-state index contributed by atoms with van der Waals surface area (Å²) in [6.45, 7) is 4.18. The second-order valence-electron chi connectivity index (χ2n) is 4.87. The molecule has 0 spiro atoms. The van der Waals surface area contributed by atoms with Gasteiger partial charge in [0.05, 0.1) is 28.7 Å². The number of benzene rings is 1. The van der Waals surface area contributed by atoms with Crippen molar-refractivity contribution in [3.05, 3.63) is 28.6 Å². The number of methoxy groups -OCH3 is 1. The highest BCUT2D eigenvalue weighted by atomic mass is 32.1. The number of fused-ring (bicyclic) bond motifs is 1. The first-order chi connectivity index (χ1) is 9.52. The first kappa shape index (κ1) is 13.0. The van der Waals surface area contributed by atoms with Crippen molar-refractivity contribution >= 4 is 27.4 Å². The molecule has 0 saturated heterocycles. The monoisotopic (exact) mass is 287 g/mol. The highest BCUT2D eigenvalue weighted by Crippen LogP contribution is 2.38. The van der Waals surface area contributed by atoms with Crippen LogP contribution in [-0.2, 0) is 7.05 Å². The summed E-state index contributed by atoms with van der Waals surface area (Å²) in [6.07, 6.45) is 0. The van der Waals surface area contributed by atoms with Crippen LogP contribution >= 0.6 is 11.3 Å². The number of thiophene rings is 1. The molecule has 5 heteroatoms. The Morgan fingerprint density at radius 2 is 2.05 bits per heavy atom. The van der Waals surface area contributed by atoms with E-state index in [4.69, 9.17) is 15.5 Å². The van der Waals surface area contributed by atoms with Gasteiger partial charge in [-0.3, -0.25) is 0 Å². The molecule has 0 atom stereocenters. The van der Waals surface area contributed by atoms with Crippen molar-refractivity contribution in [1.82, 2.24) is 9.55 Å². The Hall–Kier alpha value is -2.01. The van der Waals surface area contributed by atoms with Gasteiger partial charge in [-0.25, -0.2) is 4.98 Å². The zero-order valence-corrected chi connectivity index (χ0v) is 12.8. The number of hydrogen-bond donors (Lipinski definition) is 1. The number of hydrogen-bond acceptors (Lipinski definition) is 4. The number of imidazole rings is 1. The fourth-order valence-electron chi connectivity index (χ4n) is 2.46. The molecule has 2 N–H and O–H groups in total. The molecule has 3 rings (SSSR count). The van der Waals surface area contributed by atoms with Crippen LogP contribution in [0.1, 0.15) is 10.4 Å². The van der Waals surface area contributed by atoms with Crippen molar-refractivity contribution in [1.29, 1.82) is 0 Å². The van der Waals surface area contributed by atoms with Crippen molar-refractivity contribution in [3.8, 4) is 17.1 Å². The number of ether oxygens (including phenoxy) is 1. The molecule has 0 radical (unpaired) electrons. The predicted octanol–water partition coefficient (Wildman–Crippen LogP) is 3.51. The molecule has 0 aliphatic carbocycles. The molecule has 2 aromatic heterocycles. The van der Waals surface area contributed by atoms with Crippen LogP contribution in [0.4, 0.5) is 5.00 Å². The minimum Gasteiger partial charge on any atom is -0.497 e. The van der Waals surface area contributed by atoms with Crippen LogP contribution in [0.5, 0.6) is 5.75 Å². The predicted molar refractivity (Wildman–Crippen MR) is 84.5 cm³/mol. The first-order valence-electron chi connectivity index (χ1n) is 6.39. The third kappa shape index (κ3) is 1.78. The summed E-state index contributed by atoms with van der Waals surface area (Å²) in [6, 6.07) is 5.92. The number of rotatable bonds is 2. The Balaban J connectivity index is 2.29.